The van der Waals surface area contributed by atoms with Crippen molar-refractivity contribution in [1.82, 2.24) is 25.4 Å². The Morgan fingerprint density at radius 1 is 1.21 bits per heavy atom. The zero-order valence-electron chi connectivity index (χ0n) is 17.1. The van der Waals surface area contributed by atoms with Crippen LogP contribution in [0.2, 0.25) is 0 Å². The fourth-order valence-electron chi connectivity index (χ4n) is 2.42. The van der Waals surface area contributed by atoms with Crippen molar-refractivity contribution in [3.63, 3.8) is 0 Å². The van der Waals surface area contributed by atoms with Crippen LogP contribution in [0.1, 0.15) is 30.8 Å². The highest BCUT2D eigenvalue weighted by Crippen LogP contribution is 2.21. The van der Waals surface area contributed by atoms with E-state index >= 15 is 0 Å². The van der Waals surface area contributed by atoms with Crippen LogP contribution in [0, 0.1) is 6.92 Å². The number of hydrogen-bond acceptors (Lipinski definition) is 5. The minimum absolute atomic E-state index is 0. The fraction of sp³-hybridized carbons (Fsp3) is 0.526. The molecule has 28 heavy (non-hydrogen) atoms. The normalized spacial score (nSPS) is 11.1. The number of nitrogens with one attached hydrogen (secondary N) is 2. The molecule has 2 N–H and O–H groups in total. The van der Waals surface area contributed by atoms with Gasteiger partial charge in [0.2, 0.25) is 0 Å². The van der Waals surface area contributed by atoms with Gasteiger partial charge in [0.1, 0.15) is 18.7 Å². The van der Waals surface area contributed by atoms with Gasteiger partial charge in [-0.25, -0.2) is 4.99 Å². The topological polar surface area (TPSA) is 85.6 Å². The molecule has 1 aromatic carbocycles. The van der Waals surface area contributed by atoms with Crippen LogP contribution in [0.3, 0.4) is 0 Å². The number of aryl methyl sites for hydroxylation is 2. The van der Waals surface area contributed by atoms with Gasteiger partial charge in [-0.3, -0.25) is 0 Å². The van der Waals surface area contributed by atoms with Crippen LogP contribution in [0.4, 0.5) is 0 Å². The molecule has 1 heterocycles. The van der Waals surface area contributed by atoms with Gasteiger partial charge >= 0.3 is 0 Å². The van der Waals surface area contributed by atoms with E-state index in [0.717, 1.165) is 35.2 Å². The van der Waals surface area contributed by atoms with E-state index in [-0.39, 0.29) is 24.0 Å². The Labute approximate surface area is 184 Å². The van der Waals surface area contributed by atoms with Crippen LogP contribution in [0.5, 0.6) is 5.75 Å². The van der Waals surface area contributed by atoms with E-state index in [9.17, 15) is 0 Å². The number of halogens is 1. The molecule has 0 aliphatic rings. The third-order valence-electron chi connectivity index (χ3n) is 3.88. The van der Waals surface area contributed by atoms with Crippen LogP contribution >= 0.6 is 24.0 Å². The highest BCUT2D eigenvalue weighted by Gasteiger charge is 2.06. The molecule has 0 aliphatic carbocycles. The molecule has 156 valence electrons. The number of hydrogen-bond donors (Lipinski definition) is 2. The van der Waals surface area contributed by atoms with Crippen molar-refractivity contribution in [3.8, 4) is 5.75 Å². The molecule has 0 fully saturated rings. The number of nitrogens with zero attached hydrogens (tertiary/aromatic N) is 4. The summed E-state index contributed by atoms with van der Waals surface area (Å²) < 4.78 is 13.1. The Kier molecular flexibility index (Phi) is 11.5. The molecule has 1 aromatic heterocycles. The van der Waals surface area contributed by atoms with Gasteiger partial charge in [0.15, 0.2) is 11.8 Å². The summed E-state index contributed by atoms with van der Waals surface area (Å²) >= 11 is 0. The van der Waals surface area contributed by atoms with E-state index in [0.29, 0.717) is 32.9 Å². The van der Waals surface area contributed by atoms with Gasteiger partial charge in [0, 0.05) is 25.8 Å². The smallest absolute Gasteiger partial charge is 0.191 e. The lowest BCUT2D eigenvalue weighted by molar-refractivity contribution is 0.110. The number of aromatic nitrogens is 3. The van der Waals surface area contributed by atoms with Crippen molar-refractivity contribution in [3.05, 3.63) is 41.5 Å². The first-order chi connectivity index (χ1) is 13.1. The SMILES string of the molecule is CCNC(=NCc1ccc(C)cc1OCCOCC)NCc1nncn1C.I. The Morgan fingerprint density at radius 3 is 2.71 bits per heavy atom. The molecule has 0 saturated heterocycles. The first-order valence-electron chi connectivity index (χ1n) is 9.29. The molecule has 0 atom stereocenters. The second-order valence-corrected chi connectivity index (χ2v) is 6.06. The number of guanidine groups is 1. The molecule has 0 aliphatic heterocycles. The van der Waals surface area contributed by atoms with Crippen molar-refractivity contribution in [2.24, 2.45) is 12.0 Å². The van der Waals surface area contributed by atoms with Crippen LogP contribution in [-0.2, 0) is 24.9 Å². The monoisotopic (exact) mass is 502 g/mol. The highest BCUT2D eigenvalue weighted by molar-refractivity contribution is 14.0. The maximum absolute atomic E-state index is 5.89. The highest BCUT2D eigenvalue weighted by atomic mass is 127. The summed E-state index contributed by atoms with van der Waals surface area (Å²) in [7, 11) is 1.92. The number of ether oxygens (including phenoxy) is 2. The molecule has 0 amide bonds. The first-order valence-corrected chi connectivity index (χ1v) is 9.29. The van der Waals surface area contributed by atoms with Gasteiger partial charge in [0.25, 0.3) is 0 Å². The molecule has 9 heteroatoms. The molecule has 2 aromatic rings. The summed E-state index contributed by atoms with van der Waals surface area (Å²) in [5, 5.41) is 14.5. The molecular weight excluding hydrogens is 471 g/mol. The Balaban J connectivity index is 0.00000392. The second-order valence-electron chi connectivity index (χ2n) is 6.06. The van der Waals surface area contributed by atoms with Crippen molar-refractivity contribution >= 4 is 29.9 Å². The van der Waals surface area contributed by atoms with E-state index in [1.54, 1.807) is 6.33 Å². The molecule has 0 saturated carbocycles. The minimum atomic E-state index is 0. The van der Waals surface area contributed by atoms with Crippen LogP contribution in [-0.4, -0.2) is 47.1 Å². The van der Waals surface area contributed by atoms with Crippen molar-refractivity contribution in [2.45, 2.75) is 33.9 Å². The molecule has 0 bridgehead atoms. The third kappa shape index (κ3) is 8.01. The molecule has 0 radical (unpaired) electrons. The van der Waals surface area contributed by atoms with Crippen LogP contribution in [0.25, 0.3) is 0 Å². The summed E-state index contributed by atoms with van der Waals surface area (Å²) in [6.45, 7) is 9.69. The van der Waals surface area contributed by atoms with E-state index in [2.05, 4.69) is 44.9 Å². The van der Waals surface area contributed by atoms with E-state index in [4.69, 9.17) is 9.47 Å². The van der Waals surface area contributed by atoms with Crippen molar-refractivity contribution < 1.29 is 9.47 Å². The lowest BCUT2D eigenvalue weighted by atomic mass is 10.1. The minimum Gasteiger partial charge on any atom is -0.491 e. The predicted molar refractivity (Wildman–Crippen MR) is 121 cm³/mol. The lowest BCUT2D eigenvalue weighted by Gasteiger charge is -2.13. The standard InChI is InChI=1S/C19H30N6O2.HI/c1-5-20-19(22-13-18-24-23-14-25(18)4)21-12-16-8-7-15(3)11-17(16)27-10-9-26-6-2;/h7-8,11,14H,5-6,9-10,12-13H2,1-4H3,(H2,20,21,22);1H. The van der Waals surface area contributed by atoms with E-state index in [1.807, 2.05) is 31.5 Å². The predicted octanol–water partition coefficient (Wildman–Crippen LogP) is 2.41. The molecule has 0 spiro atoms. The van der Waals surface area contributed by atoms with Gasteiger partial charge < -0.3 is 24.7 Å². The van der Waals surface area contributed by atoms with Gasteiger partial charge in [-0.15, -0.1) is 34.2 Å². The Morgan fingerprint density at radius 2 is 2.04 bits per heavy atom. The molecule has 2 rings (SSSR count). The van der Waals surface area contributed by atoms with Gasteiger partial charge in [-0.2, -0.15) is 0 Å². The lowest BCUT2D eigenvalue weighted by Crippen LogP contribution is -2.37. The molecular formula is C19H31IN6O2. The number of rotatable bonds is 10. The van der Waals surface area contributed by atoms with Crippen molar-refractivity contribution in [2.75, 3.05) is 26.4 Å². The molecule has 8 nitrogen and oxygen atoms in total. The quantitative estimate of drug-likeness (QED) is 0.225. The third-order valence-corrected chi connectivity index (χ3v) is 3.88. The first kappa shape index (κ1) is 24.2. The van der Waals surface area contributed by atoms with E-state index < -0.39 is 0 Å². The van der Waals surface area contributed by atoms with Gasteiger partial charge in [0.05, 0.1) is 19.7 Å². The average molecular weight is 502 g/mol. The zero-order chi connectivity index (χ0) is 19.5. The summed E-state index contributed by atoms with van der Waals surface area (Å²) in [4.78, 5) is 4.67. The van der Waals surface area contributed by atoms with Gasteiger partial charge in [-0.05, 0) is 32.4 Å². The fourth-order valence-corrected chi connectivity index (χ4v) is 2.42. The maximum atomic E-state index is 5.89. The average Bonchev–Trinajstić information content (AvgIpc) is 3.07. The summed E-state index contributed by atoms with van der Waals surface area (Å²) in [5.74, 6) is 2.42. The molecule has 0 unspecified atom stereocenters. The largest absolute Gasteiger partial charge is 0.491 e. The van der Waals surface area contributed by atoms with Crippen LogP contribution in [0.15, 0.2) is 29.5 Å². The Bertz CT molecular complexity index is 735. The van der Waals surface area contributed by atoms with E-state index in [1.165, 1.54) is 0 Å². The zero-order valence-corrected chi connectivity index (χ0v) is 19.4. The van der Waals surface area contributed by atoms with Gasteiger partial charge in [-0.1, -0.05) is 12.1 Å². The second kappa shape index (κ2) is 13.3. The van der Waals surface area contributed by atoms with Crippen molar-refractivity contribution in [1.29, 1.82) is 0 Å². The number of aliphatic imine (C=N–C) groups is 1. The summed E-state index contributed by atoms with van der Waals surface area (Å²) in [6.07, 6.45) is 1.68. The van der Waals surface area contributed by atoms with Crippen LogP contribution < -0.4 is 15.4 Å². The summed E-state index contributed by atoms with van der Waals surface area (Å²) in [5.41, 5.74) is 2.19. The number of benzene rings is 1. The summed E-state index contributed by atoms with van der Waals surface area (Å²) in [6, 6.07) is 6.16. The maximum Gasteiger partial charge on any atom is 0.191 e. The Hall–Kier alpha value is -1.88.